The SMILES string of the molecule is NC(=NCCCCN1CCN(c2ccccc2)CC1)N1CCN(c2nccs2)CC1. The molecule has 3 heterocycles. The van der Waals surface area contributed by atoms with Crippen molar-refractivity contribution >= 4 is 28.1 Å². The second-order valence-corrected chi connectivity index (χ2v) is 8.77. The molecule has 0 bridgehead atoms. The summed E-state index contributed by atoms with van der Waals surface area (Å²) in [4.78, 5) is 18.6. The number of aromatic nitrogens is 1. The number of anilines is 2. The maximum atomic E-state index is 6.24. The summed E-state index contributed by atoms with van der Waals surface area (Å²) in [6.07, 6.45) is 4.14. The van der Waals surface area contributed by atoms with Crippen LogP contribution in [-0.2, 0) is 0 Å². The number of piperazine rings is 2. The number of nitrogens with two attached hydrogens (primary N) is 1. The maximum absolute atomic E-state index is 6.24. The van der Waals surface area contributed by atoms with Gasteiger partial charge in [0, 0.05) is 76.2 Å². The Labute approximate surface area is 183 Å². The van der Waals surface area contributed by atoms with Crippen LogP contribution in [0, 0.1) is 0 Å². The zero-order chi connectivity index (χ0) is 20.6. The van der Waals surface area contributed by atoms with Gasteiger partial charge in [-0.3, -0.25) is 9.89 Å². The van der Waals surface area contributed by atoms with Gasteiger partial charge in [-0.1, -0.05) is 18.2 Å². The first kappa shape index (κ1) is 20.9. The Morgan fingerprint density at radius 3 is 2.37 bits per heavy atom. The fourth-order valence-electron chi connectivity index (χ4n) is 4.11. The van der Waals surface area contributed by atoms with Gasteiger partial charge in [0.05, 0.1) is 0 Å². The van der Waals surface area contributed by atoms with Crippen LogP contribution in [0.4, 0.5) is 10.8 Å². The van der Waals surface area contributed by atoms with E-state index in [0.717, 1.165) is 77.0 Å². The number of aliphatic imine (C=N–C) groups is 1. The maximum Gasteiger partial charge on any atom is 0.191 e. The molecule has 1 aromatic heterocycles. The number of unbranched alkanes of at least 4 members (excludes halogenated alkanes) is 1. The summed E-state index contributed by atoms with van der Waals surface area (Å²) < 4.78 is 0. The predicted molar refractivity (Wildman–Crippen MR) is 127 cm³/mol. The first-order valence-electron chi connectivity index (χ1n) is 11.0. The molecule has 30 heavy (non-hydrogen) atoms. The molecule has 0 radical (unpaired) electrons. The van der Waals surface area contributed by atoms with Crippen LogP contribution in [0.15, 0.2) is 46.9 Å². The molecule has 2 saturated heterocycles. The second kappa shape index (κ2) is 10.6. The van der Waals surface area contributed by atoms with Crippen molar-refractivity contribution in [3.63, 3.8) is 0 Å². The molecule has 162 valence electrons. The Kier molecular flexibility index (Phi) is 7.42. The van der Waals surface area contributed by atoms with Gasteiger partial charge in [0.25, 0.3) is 0 Å². The Morgan fingerprint density at radius 2 is 1.67 bits per heavy atom. The Hall–Kier alpha value is -2.32. The molecule has 0 unspecified atom stereocenters. The van der Waals surface area contributed by atoms with E-state index in [4.69, 9.17) is 5.73 Å². The highest BCUT2D eigenvalue weighted by molar-refractivity contribution is 7.13. The van der Waals surface area contributed by atoms with Gasteiger partial charge in [-0.2, -0.15) is 0 Å². The van der Waals surface area contributed by atoms with Gasteiger partial charge < -0.3 is 20.4 Å². The minimum atomic E-state index is 0.699. The minimum Gasteiger partial charge on any atom is -0.370 e. The van der Waals surface area contributed by atoms with Crippen LogP contribution in [0.2, 0.25) is 0 Å². The first-order valence-corrected chi connectivity index (χ1v) is 11.9. The van der Waals surface area contributed by atoms with Crippen molar-refractivity contribution < 1.29 is 0 Å². The molecule has 0 saturated carbocycles. The molecule has 0 atom stereocenters. The lowest BCUT2D eigenvalue weighted by Gasteiger charge is -2.36. The summed E-state index contributed by atoms with van der Waals surface area (Å²) in [6, 6.07) is 10.7. The van der Waals surface area contributed by atoms with E-state index in [0.29, 0.717) is 5.96 Å². The van der Waals surface area contributed by atoms with Crippen LogP contribution in [0.5, 0.6) is 0 Å². The molecule has 0 spiro atoms. The number of thiazole rings is 1. The lowest BCUT2D eigenvalue weighted by Crippen LogP contribution is -2.51. The molecule has 2 aliphatic heterocycles. The average Bonchev–Trinajstić information content (AvgIpc) is 3.35. The molecule has 4 rings (SSSR count). The van der Waals surface area contributed by atoms with Gasteiger partial charge >= 0.3 is 0 Å². The zero-order valence-corrected chi connectivity index (χ0v) is 18.5. The number of para-hydroxylation sites is 1. The number of benzene rings is 1. The van der Waals surface area contributed by atoms with E-state index < -0.39 is 0 Å². The smallest absolute Gasteiger partial charge is 0.191 e. The van der Waals surface area contributed by atoms with Crippen LogP contribution < -0.4 is 15.5 Å². The highest BCUT2D eigenvalue weighted by Crippen LogP contribution is 2.19. The van der Waals surface area contributed by atoms with E-state index >= 15 is 0 Å². The number of guanidine groups is 1. The fourth-order valence-corrected chi connectivity index (χ4v) is 4.81. The monoisotopic (exact) mass is 427 g/mol. The van der Waals surface area contributed by atoms with Crippen LogP contribution in [0.1, 0.15) is 12.8 Å². The van der Waals surface area contributed by atoms with E-state index in [1.165, 1.54) is 12.1 Å². The van der Waals surface area contributed by atoms with E-state index in [1.807, 2.05) is 11.6 Å². The highest BCUT2D eigenvalue weighted by atomic mass is 32.1. The van der Waals surface area contributed by atoms with Gasteiger partial charge in [0.1, 0.15) is 0 Å². The topological polar surface area (TPSA) is 64.2 Å². The first-order chi connectivity index (χ1) is 14.8. The molecular weight excluding hydrogens is 394 g/mol. The van der Waals surface area contributed by atoms with Crippen LogP contribution in [0.25, 0.3) is 0 Å². The fraction of sp³-hybridized carbons (Fsp3) is 0.545. The normalized spacial score (nSPS) is 18.8. The van der Waals surface area contributed by atoms with Gasteiger partial charge in [0.15, 0.2) is 11.1 Å². The molecule has 2 N–H and O–H groups in total. The third-order valence-electron chi connectivity index (χ3n) is 5.94. The Balaban J connectivity index is 1.09. The summed E-state index contributed by atoms with van der Waals surface area (Å²) in [5.74, 6) is 0.699. The molecule has 8 heteroatoms. The number of hydrogen-bond donors (Lipinski definition) is 1. The Bertz CT molecular complexity index is 764. The summed E-state index contributed by atoms with van der Waals surface area (Å²) in [5.41, 5.74) is 7.58. The van der Waals surface area contributed by atoms with Crippen molar-refractivity contribution in [1.29, 1.82) is 0 Å². The molecule has 2 aliphatic rings. The highest BCUT2D eigenvalue weighted by Gasteiger charge is 2.20. The number of hydrogen-bond acceptors (Lipinski definition) is 6. The molecule has 2 fully saturated rings. The van der Waals surface area contributed by atoms with Crippen molar-refractivity contribution in [1.82, 2.24) is 14.8 Å². The van der Waals surface area contributed by atoms with Crippen molar-refractivity contribution in [2.45, 2.75) is 12.8 Å². The van der Waals surface area contributed by atoms with E-state index in [1.54, 1.807) is 11.3 Å². The summed E-state index contributed by atoms with van der Waals surface area (Å²) in [7, 11) is 0. The van der Waals surface area contributed by atoms with Crippen molar-refractivity contribution in [2.75, 3.05) is 75.2 Å². The summed E-state index contributed by atoms with van der Waals surface area (Å²) in [5, 5.41) is 3.13. The van der Waals surface area contributed by atoms with Crippen molar-refractivity contribution in [3.05, 3.63) is 41.9 Å². The largest absolute Gasteiger partial charge is 0.370 e. The lowest BCUT2D eigenvalue weighted by molar-refractivity contribution is 0.253. The third kappa shape index (κ3) is 5.64. The van der Waals surface area contributed by atoms with Gasteiger partial charge in [0.2, 0.25) is 0 Å². The minimum absolute atomic E-state index is 0.699. The molecule has 0 amide bonds. The van der Waals surface area contributed by atoms with Gasteiger partial charge in [-0.05, 0) is 31.5 Å². The number of rotatable bonds is 7. The van der Waals surface area contributed by atoms with Gasteiger partial charge in [-0.25, -0.2) is 4.98 Å². The van der Waals surface area contributed by atoms with E-state index in [9.17, 15) is 0 Å². The predicted octanol–water partition coefficient (Wildman–Crippen LogP) is 2.18. The molecule has 1 aromatic carbocycles. The molecular formula is C22H33N7S. The van der Waals surface area contributed by atoms with Crippen molar-refractivity contribution in [2.24, 2.45) is 10.7 Å². The summed E-state index contributed by atoms with van der Waals surface area (Å²) >= 11 is 1.70. The number of nitrogens with zero attached hydrogens (tertiary/aromatic N) is 6. The van der Waals surface area contributed by atoms with Gasteiger partial charge in [-0.15, -0.1) is 11.3 Å². The van der Waals surface area contributed by atoms with Crippen LogP contribution in [0.3, 0.4) is 0 Å². The van der Waals surface area contributed by atoms with E-state index in [-0.39, 0.29) is 0 Å². The standard InChI is InChI=1S/C22H33N7S/c23-21(28-15-17-29(18-16-28)22-25-9-19-30-22)24-8-4-5-10-26-11-13-27(14-12-26)20-6-2-1-3-7-20/h1-3,6-7,9,19H,4-5,8,10-18H2,(H2,23,24). The van der Waals surface area contributed by atoms with Crippen LogP contribution in [-0.4, -0.2) is 86.2 Å². The van der Waals surface area contributed by atoms with Crippen molar-refractivity contribution in [3.8, 4) is 0 Å². The second-order valence-electron chi connectivity index (χ2n) is 7.90. The zero-order valence-electron chi connectivity index (χ0n) is 17.7. The quantitative estimate of drug-likeness (QED) is 0.415. The molecule has 2 aromatic rings. The molecule has 0 aliphatic carbocycles. The molecule has 7 nitrogen and oxygen atoms in total. The summed E-state index contributed by atoms with van der Waals surface area (Å²) in [6.45, 7) is 10.2. The van der Waals surface area contributed by atoms with Crippen LogP contribution >= 0.6 is 11.3 Å². The third-order valence-corrected chi connectivity index (χ3v) is 6.78. The van der Waals surface area contributed by atoms with E-state index in [2.05, 4.69) is 59.9 Å². The Morgan fingerprint density at radius 1 is 0.933 bits per heavy atom. The average molecular weight is 428 g/mol. The lowest BCUT2D eigenvalue weighted by atomic mass is 10.2.